The standard InChI is InChI=1S/C23H24N4O3.C21H20N4O3/c1-4-30-21(29)23(2,3)16-9-10-18-17(11-16)19(26-22(24)25-18)20(28)27-12-14-7-5-6-8-15(14)13-27;1-21(2,19(27)28)14-7-8-16-15(9-14)17(24-20(22)23-16)18(26)25-10-12-5-3-4-6-13(12)11-25/h5-11H,4,12-13H2,1-3H3,(H2,24,25,26);3-9H,10-11H2,1-2H3,(H,27,28)(H2,22,23,24). The van der Waals surface area contributed by atoms with Crippen molar-refractivity contribution < 1.29 is 29.0 Å². The van der Waals surface area contributed by atoms with Crippen LogP contribution >= 0.6 is 0 Å². The second-order valence-electron chi connectivity index (χ2n) is 15.5. The van der Waals surface area contributed by atoms with Gasteiger partial charge in [0.25, 0.3) is 11.8 Å². The third-order valence-electron chi connectivity index (χ3n) is 10.9. The fraction of sp³-hybridized carbons (Fsp3) is 0.273. The molecule has 2 amide bonds. The van der Waals surface area contributed by atoms with Gasteiger partial charge in [-0.3, -0.25) is 19.2 Å². The van der Waals surface area contributed by atoms with Crippen molar-refractivity contribution in [1.82, 2.24) is 29.7 Å². The number of hydrogen-bond donors (Lipinski definition) is 3. The summed E-state index contributed by atoms with van der Waals surface area (Å²) in [4.78, 5) is 71.1. The van der Waals surface area contributed by atoms with E-state index in [1.165, 1.54) is 0 Å². The number of nitrogens with zero attached hydrogens (tertiary/aromatic N) is 6. The van der Waals surface area contributed by atoms with E-state index in [4.69, 9.17) is 16.2 Å². The number of amides is 2. The van der Waals surface area contributed by atoms with Gasteiger partial charge >= 0.3 is 11.9 Å². The molecule has 2 aromatic heterocycles. The zero-order valence-corrected chi connectivity index (χ0v) is 32.9. The fourth-order valence-corrected chi connectivity index (χ4v) is 7.20. The number of aromatic nitrogens is 4. The van der Waals surface area contributed by atoms with E-state index in [1.54, 1.807) is 74.8 Å². The van der Waals surface area contributed by atoms with Crippen LogP contribution in [0, 0.1) is 0 Å². The highest BCUT2D eigenvalue weighted by Crippen LogP contribution is 2.32. The Hall–Kier alpha value is -6.96. The largest absolute Gasteiger partial charge is 0.481 e. The van der Waals surface area contributed by atoms with Crippen LogP contribution < -0.4 is 11.5 Å². The average Bonchev–Trinajstić information content (AvgIpc) is 3.85. The quantitative estimate of drug-likeness (QED) is 0.161. The molecule has 58 heavy (non-hydrogen) atoms. The van der Waals surface area contributed by atoms with Crippen molar-refractivity contribution in [3.63, 3.8) is 0 Å². The van der Waals surface area contributed by atoms with Gasteiger partial charge in [-0.25, -0.2) is 19.9 Å². The lowest BCUT2D eigenvalue weighted by Gasteiger charge is -2.23. The van der Waals surface area contributed by atoms with Crippen LogP contribution in [0.15, 0.2) is 84.9 Å². The van der Waals surface area contributed by atoms with Gasteiger partial charge in [0.15, 0.2) is 0 Å². The van der Waals surface area contributed by atoms with Crippen molar-refractivity contribution in [2.75, 3.05) is 18.1 Å². The molecule has 5 N–H and O–H groups in total. The Morgan fingerprint density at radius 3 is 1.36 bits per heavy atom. The summed E-state index contributed by atoms with van der Waals surface area (Å²) in [6.45, 7) is 10.9. The summed E-state index contributed by atoms with van der Waals surface area (Å²) < 4.78 is 5.22. The number of esters is 1. The first kappa shape index (κ1) is 39.3. The molecule has 0 atom stereocenters. The predicted molar refractivity (Wildman–Crippen MR) is 218 cm³/mol. The van der Waals surface area contributed by atoms with Gasteiger partial charge in [-0.05, 0) is 92.3 Å². The topological polar surface area (TPSA) is 208 Å². The number of fused-ring (bicyclic) bond motifs is 4. The molecule has 4 heterocycles. The van der Waals surface area contributed by atoms with Crippen molar-refractivity contribution in [2.45, 2.75) is 71.6 Å². The number of carboxylic acid groups (broad SMARTS) is 1. The number of benzene rings is 4. The molecule has 4 aromatic carbocycles. The minimum atomic E-state index is -1.11. The lowest BCUT2D eigenvalue weighted by Crippen LogP contribution is -2.31. The Labute approximate surface area is 334 Å². The first-order valence-electron chi connectivity index (χ1n) is 18.9. The number of carbonyl (C=O) groups excluding carboxylic acids is 3. The zero-order valence-electron chi connectivity index (χ0n) is 32.9. The van der Waals surface area contributed by atoms with Gasteiger partial charge in [0, 0.05) is 37.0 Å². The van der Waals surface area contributed by atoms with Crippen LogP contribution in [0.4, 0.5) is 11.9 Å². The van der Waals surface area contributed by atoms with Crippen molar-refractivity contribution in [1.29, 1.82) is 0 Å². The molecular formula is C44H44N8O6. The molecule has 0 spiro atoms. The van der Waals surface area contributed by atoms with Gasteiger partial charge in [0.2, 0.25) is 11.9 Å². The summed E-state index contributed by atoms with van der Waals surface area (Å²) in [5, 5.41) is 10.6. The summed E-state index contributed by atoms with van der Waals surface area (Å²) in [6, 6.07) is 26.3. The molecule has 0 fully saturated rings. The monoisotopic (exact) mass is 780 g/mol. The molecule has 14 nitrogen and oxygen atoms in total. The number of rotatable bonds is 7. The predicted octanol–water partition coefficient (Wildman–Crippen LogP) is 5.94. The maximum absolute atomic E-state index is 13.4. The number of carbonyl (C=O) groups is 4. The van der Waals surface area contributed by atoms with E-state index in [1.807, 2.05) is 54.6 Å². The molecule has 0 aliphatic carbocycles. The Morgan fingerprint density at radius 1 is 0.621 bits per heavy atom. The first-order chi connectivity index (χ1) is 27.6. The highest BCUT2D eigenvalue weighted by atomic mass is 16.5. The lowest BCUT2D eigenvalue weighted by atomic mass is 9.84. The molecule has 8 rings (SSSR count). The van der Waals surface area contributed by atoms with Crippen LogP contribution in [0.1, 0.15) is 89.0 Å². The normalized spacial score (nSPS) is 13.5. The molecule has 0 unspecified atom stereocenters. The van der Waals surface area contributed by atoms with E-state index < -0.39 is 16.8 Å². The summed E-state index contributed by atoms with van der Waals surface area (Å²) in [5.74, 6) is -1.69. The second-order valence-corrected chi connectivity index (χ2v) is 15.5. The summed E-state index contributed by atoms with van der Waals surface area (Å²) in [5.41, 5.74) is 17.0. The van der Waals surface area contributed by atoms with Crippen LogP contribution in [0.2, 0.25) is 0 Å². The Balaban J connectivity index is 0.000000177. The number of nitrogen functional groups attached to an aromatic ring is 2. The molecule has 0 bridgehead atoms. The number of nitrogens with two attached hydrogens (primary N) is 2. The molecule has 14 heteroatoms. The first-order valence-corrected chi connectivity index (χ1v) is 18.9. The number of hydrogen-bond acceptors (Lipinski definition) is 11. The van der Waals surface area contributed by atoms with Gasteiger partial charge in [-0.1, -0.05) is 60.7 Å². The summed E-state index contributed by atoms with van der Waals surface area (Å²) >= 11 is 0. The highest BCUT2D eigenvalue weighted by Gasteiger charge is 2.34. The van der Waals surface area contributed by atoms with Gasteiger partial charge in [-0.2, -0.15) is 0 Å². The second kappa shape index (κ2) is 15.2. The molecule has 0 saturated heterocycles. The minimum Gasteiger partial charge on any atom is -0.481 e. The van der Waals surface area contributed by atoms with E-state index in [2.05, 4.69) is 19.9 Å². The molecular weight excluding hydrogens is 737 g/mol. The number of anilines is 2. The summed E-state index contributed by atoms with van der Waals surface area (Å²) in [7, 11) is 0. The van der Waals surface area contributed by atoms with Crippen LogP contribution in [0.3, 0.4) is 0 Å². The van der Waals surface area contributed by atoms with Crippen LogP contribution in [-0.4, -0.2) is 65.2 Å². The van der Waals surface area contributed by atoms with E-state index in [9.17, 15) is 24.3 Å². The molecule has 0 saturated carbocycles. The molecule has 2 aliphatic rings. The van der Waals surface area contributed by atoms with Crippen molar-refractivity contribution in [3.8, 4) is 0 Å². The van der Waals surface area contributed by atoms with Gasteiger partial charge in [0.05, 0.1) is 28.5 Å². The number of ether oxygens (including phenoxy) is 1. The third kappa shape index (κ3) is 7.36. The van der Waals surface area contributed by atoms with Crippen molar-refractivity contribution in [2.24, 2.45) is 0 Å². The number of aliphatic carboxylic acids is 1. The Kier molecular flexibility index (Phi) is 10.3. The van der Waals surface area contributed by atoms with Gasteiger partial charge < -0.3 is 31.1 Å². The van der Waals surface area contributed by atoms with E-state index in [0.29, 0.717) is 60.2 Å². The van der Waals surface area contributed by atoms with Crippen molar-refractivity contribution in [3.05, 3.63) is 130 Å². The van der Waals surface area contributed by atoms with E-state index in [0.717, 1.165) is 27.8 Å². The van der Waals surface area contributed by atoms with Gasteiger partial charge in [-0.15, -0.1) is 0 Å². The zero-order chi connectivity index (χ0) is 41.5. The smallest absolute Gasteiger partial charge is 0.315 e. The maximum atomic E-state index is 13.4. The summed E-state index contributed by atoms with van der Waals surface area (Å²) in [6.07, 6.45) is 0. The third-order valence-corrected chi connectivity index (χ3v) is 10.9. The van der Waals surface area contributed by atoms with Crippen LogP contribution in [-0.2, 0) is 51.3 Å². The molecule has 6 aromatic rings. The number of carboxylic acids is 1. The van der Waals surface area contributed by atoms with E-state index >= 15 is 0 Å². The molecule has 0 radical (unpaired) electrons. The van der Waals surface area contributed by atoms with E-state index in [-0.39, 0.29) is 41.1 Å². The van der Waals surface area contributed by atoms with Crippen molar-refractivity contribution >= 4 is 57.5 Å². The Bertz CT molecular complexity index is 2590. The molecule has 2 aliphatic heterocycles. The molecule has 296 valence electrons. The van der Waals surface area contributed by atoms with Crippen LogP contribution in [0.25, 0.3) is 21.8 Å². The Morgan fingerprint density at radius 2 is 1.00 bits per heavy atom. The maximum Gasteiger partial charge on any atom is 0.315 e. The van der Waals surface area contributed by atoms with Crippen LogP contribution in [0.5, 0.6) is 0 Å². The van der Waals surface area contributed by atoms with Gasteiger partial charge in [0.1, 0.15) is 11.4 Å². The average molecular weight is 781 g/mol. The SMILES string of the molecule is CC(C)(C(=O)O)c1ccc2nc(N)nc(C(=O)N3Cc4ccccc4C3)c2c1.CCOC(=O)C(C)(C)c1ccc2nc(N)nc(C(=O)N3Cc4ccccc4C3)c2c1. The minimum absolute atomic E-state index is 0.0119. The fourth-order valence-electron chi connectivity index (χ4n) is 7.20. The highest BCUT2D eigenvalue weighted by molar-refractivity contribution is 6.06. The lowest BCUT2D eigenvalue weighted by molar-refractivity contribution is -0.148.